The number of benzene rings is 1. The number of rotatable bonds is 8. The van der Waals surface area contributed by atoms with Gasteiger partial charge in [0.05, 0.1) is 13.2 Å². The summed E-state index contributed by atoms with van der Waals surface area (Å²) in [6.07, 6.45) is 3.61. The molecule has 0 aromatic heterocycles. The molecule has 0 heterocycles. The van der Waals surface area contributed by atoms with Crippen molar-refractivity contribution in [3.8, 4) is 0 Å². The summed E-state index contributed by atoms with van der Waals surface area (Å²) in [4.78, 5) is 0. The first-order chi connectivity index (χ1) is 8.75. The van der Waals surface area contributed by atoms with E-state index < -0.39 is 0 Å². The lowest BCUT2D eigenvalue weighted by Gasteiger charge is -2.11. The molecule has 1 saturated carbocycles. The molecule has 0 saturated heterocycles. The molecule has 0 bridgehead atoms. The van der Waals surface area contributed by atoms with Crippen LogP contribution >= 0.6 is 0 Å². The molecule has 0 aliphatic heterocycles. The molecule has 0 unspecified atom stereocenters. The second-order valence-corrected chi connectivity index (χ2v) is 5.18. The summed E-state index contributed by atoms with van der Waals surface area (Å²) < 4.78 is 5.71. The summed E-state index contributed by atoms with van der Waals surface area (Å²) in [5.74, 6) is 0. The third-order valence-corrected chi connectivity index (χ3v) is 3.21. The molecule has 2 heteroatoms. The Bertz CT molecular complexity index is 396. The van der Waals surface area contributed by atoms with E-state index in [1.807, 2.05) is 6.92 Å². The van der Waals surface area contributed by atoms with Crippen LogP contribution in [-0.4, -0.2) is 12.6 Å². The summed E-state index contributed by atoms with van der Waals surface area (Å²) in [5, 5.41) is 3.55. The zero-order chi connectivity index (χ0) is 12.8. The van der Waals surface area contributed by atoms with Gasteiger partial charge in [-0.3, -0.25) is 0 Å². The van der Waals surface area contributed by atoms with E-state index in [1.54, 1.807) is 0 Å². The van der Waals surface area contributed by atoms with Crippen molar-refractivity contribution in [2.24, 2.45) is 0 Å². The summed E-state index contributed by atoms with van der Waals surface area (Å²) in [6.45, 7) is 8.35. The molecule has 1 aliphatic rings. The van der Waals surface area contributed by atoms with E-state index in [0.29, 0.717) is 6.61 Å². The maximum atomic E-state index is 5.71. The van der Waals surface area contributed by atoms with Gasteiger partial charge in [0, 0.05) is 12.6 Å². The van der Waals surface area contributed by atoms with Crippen LogP contribution in [0.1, 0.15) is 37.3 Å². The van der Waals surface area contributed by atoms with Crippen molar-refractivity contribution in [2.45, 2.75) is 45.4 Å². The number of nitrogens with one attached hydrogen (secondary N) is 1. The molecule has 1 aromatic carbocycles. The monoisotopic (exact) mass is 245 g/mol. The zero-order valence-corrected chi connectivity index (χ0v) is 11.2. The predicted octanol–water partition coefficient (Wildman–Crippen LogP) is 3.42. The third kappa shape index (κ3) is 4.63. The Hall–Kier alpha value is -1.12. The molecule has 98 valence electrons. The summed E-state index contributed by atoms with van der Waals surface area (Å²) in [6, 6.07) is 9.28. The van der Waals surface area contributed by atoms with Gasteiger partial charge in [-0.25, -0.2) is 0 Å². The second-order valence-electron chi connectivity index (χ2n) is 5.18. The van der Waals surface area contributed by atoms with Crippen molar-refractivity contribution >= 4 is 0 Å². The Balaban J connectivity index is 1.79. The van der Waals surface area contributed by atoms with Crippen LogP contribution < -0.4 is 5.32 Å². The highest BCUT2D eigenvalue weighted by atomic mass is 16.5. The standard InChI is InChI=1S/C16H23NO/c1-13(2)9-10-18-12-15-6-4-3-5-14(15)11-17-16-7-8-16/h3-6,16-17H,1,7-12H2,2H3. The molecule has 18 heavy (non-hydrogen) atoms. The van der Waals surface area contributed by atoms with Gasteiger partial charge in [-0.1, -0.05) is 29.8 Å². The number of hydrogen-bond acceptors (Lipinski definition) is 2. The minimum Gasteiger partial charge on any atom is -0.376 e. The SMILES string of the molecule is C=C(C)CCOCc1ccccc1CNC1CC1. The fraction of sp³-hybridized carbons (Fsp3) is 0.500. The smallest absolute Gasteiger partial charge is 0.0720 e. The van der Waals surface area contributed by atoms with Crippen LogP contribution in [0.5, 0.6) is 0 Å². The maximum absolute atomic E-state index is 5.71. The largest absolute Gasteiger partial charge is 0.376 e. The van der Waals surface area contributed by atoms with E-state index in [9.17, 15) is 0 Å². The average molecular weight is 245 g/mol. The highest BCUT2D eigenvalue weighted by Gasteiger charge is 2.20. The predicted molar refractivity (Wildman–Crippen MR) is 75.4 cm³/mol. The van der Waals surface area contributed by atoms with Crippen LogP contribution in [0.4, 0.5) is 0 Å². The molecule has 0 spiro atoms. The molecule has 0 amide bonds. The van der Waals surface area contributed by atoms with Gasteiger partial charge in [0.1, 0.15) is 0 Å². The normalized spacial score (nSPS) is 14.7. The minimum absolute atomic E-state index is 0.704. The van der Waals surface area contributed by atoms with Gasteiger partial charge in [-0.15, -0.1) is 6.58 Å². The van der Waals surface area contributed by atoms with E-state index in [2.05, 4.69) is 36.2 Å². The summed E-state index contributed by atoms with van der Waals surface area (Å²) >= 11 is 0. The van der Waals surface area contributed by atoms with Crippen LogP contribution in [-0.2, 0) is 17.9 Å². The molecular formula is C16H23NO. The van der Waals surface area contributed by atoms with Gasteiger partial charge in [-0.2, -0.15) is 0 Å². The van der Waals surface area contributed by atoms with Gasteiger partial charge < -0.3 is 10.1 Å². The van der Waals surface area contributed by atoms with Crippen LogP contribution in [0.15, 0.2) is 36.4 Å². The first-order valence-electron chi connectivity index (χ1n) is 6.78. The van der Waals surface area contributed by atoms with Crippen molar-refractivity contribution in [1.82, 2.24) is 5.32 Å². The van der Waals surface area contributed by atoms with Crippen LogP contribution in [0.3, 0.4) is 0 Å². The van der Waals surface area contributed by atoms with E-state index in [4.69, 9.17) is 4.74 Å². The molecular weight excluding hydrogens is 222 g/mol. The van der Waals surface area contributed by atoms with Crippen molar-refractivity contribution < 1.29 is 4.74 Å². The third-order valence-electron chi connectivity index (χ3n) is 3.21. The van der Waals surface area contributed by atoms with Crippen molar-refractivity contribution in [3.63, 3.8) is 0 Å². The van der Waals surface area contributed by atoms with Crippen LogP contribution in [0.2, 0.25) is 0 Å². The van der Waals surface area contributed by atoms with Gasteiger partial charge in [0.2, 0.25) is 0 Å². The van der Waals surface area contributed by atoms with Gasteiger partial charge in [-0.05, 0) is 37.3 Å². The van der Waals surface area contributed by atoms with E-state index in [0.717, 1.165) is 25.6 Å². The Morgan fingerprint density at radius 2 is 2.06 bits per heavy atom. The van der Waals surface area contributed by atoms with Crippen LogP contribution in [0, 0.1) is 0 Å². The number of ether oxygens (including phenoxy) is 1. The van der Waals surface area contributed by atoms with Crippen LogP contribution in [0.25, 0.3) is 0 Å². The molecule has 0 radical (unpaired) electrons. The molecule has 0 atom stereocenters. The Morgan fingerprint density at radius 3 is 2.72 bits per heavy atom. The topological polar surface area (TPSA) is 21.3 Å². The summed E-state index contributed by atoms with van der Waals surface area (Å²) in [5.41, 5.74) is 3.84. The van der Waals surface area contributed by atoms with Crippen molar-refractivity contribution in [3.05, 3.63) is 47.5 Å². The van der Waals surface area contributed by atoms with E-state index in [-0.39, 0.29) is 0 Å². The Kier molecular flexibility index (Phi) is 4.97. The van der Waals surface area contributed by atoms with Crippen molar-refractivity contribution in [2.75, 3.05) is 6.61 Å². The average Bonchev–Trinajstić information content (AvgIpc) is 3.17. The molecule has 2 rings (SSSR count). The van der Waals surface area contributed by atoms with Gasteiger partial charge in [0.15, 0.2) is 0 Å². The molecule has 1 aromatic rings. The molecule has 1 N–H and O–H groups in total. The Morgan fingerprint density at radius 1 is 1.33 bits per heavy atom. The fourth-order valence-electron chi connectivity index (χ4n) is 1.84. The second kappa shape index (κ2) is 6.72. The van der Waals surface area contributed by atoms with Crippen molar-refractivity contribution in [1.29, 1.82) is 0 Å². The van der Waals surface area contributed by atoms with E-state index >= 15 is 0 Å². The zero-order valence-electron chi connectivity index (χ0n) is 11.2. The first-order valence-corrected chi connectivity index (χ1v) is 6.78. The van der Waals surface area contributed by atoms with Gasteiger partial charge in [0.25, 0.3) is 0 Å². The number of hydrogen-bond donors (Lipinski definition) is 1. The highest BCUT2D eigenvalue weighted by molar-refractivity contribution is 5.26. The quantitative estimate of drug-likeness (QED) is 0.559. The highest BCUT2D eigenvalue weighted by Crippen LogP contribution is 2.20. The minimum atomic E-state index is 0.704. The molecule has 1 fully saturated rings. The lowest BCUT2D eigenvalue weighted by atomic mass is 10.1. The maximum Gasteiger partial charge on any atom is 0.0720 e. The van der Waals surface area contributed by atoms with E-state index in [1.165, 1.54) is 29.5 Å². The first kappa shape index (κ1) is 13.3. The fourth-order valence-corrected chi connectivity index (χ4v) is 1.84. The lowest BCUT2D eigenvalue weighted by molar-refractivity contribution is 0.123. The van der Waals surface area contributed by atoms with Gasteiger partial charge >= 0.3 is 0 Å². The molecule has 2 nitrogen and oxygen atoms in total. The lowest BCUT2D eigenvalue weighted by Crippen LogP contribution is -2.16. The Labute approximate surface area is 110 Å². The molecule has 1 aliphatic carbocycles. The summed E-state index contributed by atoms with van der Waals surface area (Å²) in [7, 11) is 0.